The summed E-state index contributed by atoms with van der Waals surface area (Å²) in [5.41, 5.74) is -0.258. The summed E-state index contributed by atoms with van der Waals surface area (Å²) in [6.45, 7) is 5.63. The first-order valence-electron chi connectivity index (χ1n) is 15.2. The van der Waals surface area contributed by atoms with Crippen molar-refractivity contribution in [2.45, 2.75) is 64.5 Å². The molecule has 5 rings (SSSR count). The molecule has 14 heteroatoms. The molecule has 49 heavy (non-hydrogen) atoms. The molecule has 0 bridgehead atoms. The normalized spacial score (nSPS) is 19.6. The number of ether oxygens (including phenoxy) is 3. The second-order valence-electron chi connectivity index (χ2n) is 12.9. The van der Waals surface area contributed by atoms with Crippen molar-refractivity contribution in [2.24, 2.45) is 5.41 Å². The van der Waals surface area contributed by atoms with Crippen LogP contribution in [0.5, 0.6) is 5.75 Å². The van der Waals surface area contributed by atoms with E-state index in [0.29, 0.717) is 47.7 Å². The first-order chi connectivity index (χ1) is 22.8. The Morgan fingerprint density at radius 2 is 1.67 bits per heavy atom. The third kappa shape index (κ3) is 7.51. The molecule has 2 heterocycles. The number of aromatic nitrogens is 1. The van der Waals surface area contributed by atoms with E-state index in [9.17, 15) is 35.9 Å². The Kier molecular flexibility index (Phi) is 9.72. The van der Waals surface area contributed by atoms with E-state index in [0.717, 1.165) is 17.6 Å². The van der Waals surface area contributed by atoms with Gasteiger partial charge in [0.2, 0.25) is 0 Å². The van der Waals surface area contributed by atoms with Crippen molar-refractivity contribution in [3.05, 3.63) is 87.1 Å². The van der Waals surface area contributed by atoms with Crippen LogP contribution in [0, 0.1) is 5.41 Å². The fourth-order valence-corrected chi connectivity index (χ4v) is 6.58. The van der Waals surface area contributed by atoms with E-state index in [-0.39, 0.29) is 28.6 Å². The fraction of sp³-hybridized carbons (Fsp3) is 0.400. The molecule has 0 saturated carbocycles. The van der Waals surface area contributed by atoms with Gasteiger partial charge >= 0.3 is 24.4 Å². The van der Waals surface area contributed by atoms with Crippen LogP contribution in [0.4, 0.5) is 31.1 Å². The van der Waals surface area contributed by atoms with Gasteiger partial charge in [0.1, 0.15) is 17.5 Å². The number of amides is 1. The van der Waals surface area contributed by atoms with E-state index in [4.69, 9.17) is 30.8 Å². The maximum absolute atomic E-state index is 13.6. The second kappa shape index (κ2) is 13.2. The number of nitrogens with zero attached hydrogens (tertiary/aromatic N) is 2. The quantitative estimate of drug-likeness (QED) is 0.180. The zero-order valence-corrected chi connectivity index (χ0v) is 27.9. The molecule has 1 aromatic heterocycles. The molecule has 0 spiro atoms. The molecule has 1 saturated heterocycles. The molecule has 2 atom stereocenters. The minimum atomic E-state index is -5.05. The van der Waals surface area contributed by atoms with E-state index < -0.39 is 53.3 Å². The molecule has 3 aromatic rings. The Bertz CT molecular complexity index is 1790. The van der Waals surface area contributed by atoms with Crippen LogP contribution >= 0.6 is 11.6 Å². The molecular weight excluding hydrogens is 678 g/mol. The number of benzene rings is 2. The number of cyclic esters (lactones) is 1. The van der Waals surface area contributed by atoms with E-state index in [1.165, 1.54) is 32.1 Å². The summed E-state index contributed by atoms with van der Waals surface area (Å²) in [5.74, 6) is -0.112. The van der Waals surface area contributed by atoms with Crippen LogP contribution in [0.1, 0.15) is 78.9 Å². The largest absolute Gasteiger partial charge is 0.494 e. The van der Waals surface area contributed by atoms with Crippen molar-refractivity contribution in [3.8, 4) is 17.0 Å². The number of carbonyl (C=O) groups excluding carboxylic acids is 2. The molecule has 1 amide bonds. The minimum Gasteiger partial charge on any atom is -0.494 e. The lowest BCUT2D eigenvalue weighted by molar-refractivity contribution is -0.143. The van der Waals surface area contributed by atoms with Crippen molar-refractivity contribution in [1.82, 2.24) is 9.88 Å². The molecular formula is C35H33ClF6N2O5. The number of pyridine rings is 1. The van der Waals surface area contributed by atoms with Crippen LogP contribution < -0.4 is 4.74 Å². The average molecular weight is 711 g/mol. The highest BCUT2D eigenvalue weighted by atomic mass is 35.5. The Labute approximate surface area is 283 Å². The number of hydrogen-bond acceptors (Lipinski definition) is 6. The number of rotatable bonds is 7. The van der Waals surface area contributed by atoms with Gasteiger partial charge in [0.25, 0.3) is 0 Å². The molecule has 7 nitrogen and oxygen atoms in total. The highest BCUT2D eigenvalue weighted by Crippen LogP contribution is 2.46. The van der Waals surface area contributed by atoms with Gasteiger partial charge in [-0.15, -0.1) is 0 Å². The fourth-order valence-electron chi connectivity index (χ4n) is 6.30. The topological polar surface area (TPSA) is 78.0 Å². The summed E-state index contributed by atoms with van der Waals surface area (Å²) in [6.07, 6.45) is -10.6. The Hall–Kier alpha value is -4.26. The number of methoxy groups -OCH3 is 2. The van der Waals surface area contributed by atoms with Crippen molar-refractivity contribution in [3.63, 3.8) is 0 Å². The van der Waals surface area contributed by atoms with Gasteiger partial charge in [-0.25, -0.2) is 14.6 Å². The molecule has 2 aliphatic rings. The summed E-state index contributed by atoms with van der Waals surface area (Å²) in [7, 11) is 2.75. The summed E-state index contributed by atoms with van der Waals surface area (Å²) >= 11 is 6.55. The van der Waals surface area contributed by atoms with Crippen LogP contribution in [-0.2, 0) is 21.8 Å². The van der Waals surface area contributed by atoms with E-state index in [2.05, 4.69) is 13.8 Å². The average Bonchev–Trinajstić information content (AvgIpc) is 3.31. The molecule has 0 N–H and O–H groups in total. The predicted octanol–water partition coefficient (Wildman–Crippen LogP) is 9.78. The monoisotopic (exact) mass is 710 g/mol. The van der Waals surface area contributed by atoms with Crippen molar-refractivity contribution >= 4 is 29.2 Å². The van der Waals surface area contributed by atoms with Gasteiger partial charge in [0.15, 0.2) is 0 Å². The Morgan fingerprint density at radius 3 is 2.24 bits per heavy atom. The molecule has 1 fully saturated rings. The van der Waals surface area contributed by atoms with Gasteiger partial charge in [-0.2, -0.15) is 26.3 Å². The minimum absolute atomic E-state index is 0.00992. The number of halogens is 7. The first-order valence-corrected chi connectivity index (χ1v) is 15.6. The highest BCUT2D eigenvalue weighted by molar-refractivity contribution is 6.33. The third-order valence-corrected chi connectivity index (χ3v) is 9.21. The van der Waals surface area contributed by atoms with Crippen molar-refractivity contribution < 1.29 is 50.1 Å². The van der Waals surface area contributed by atoms with E-state index in [1.807, 2.05) is 0 Å². The lowest BCUT2D eigenvalue weighted by Crippen LogP contribution is -2.35. The van der Waals surface area contributed by atoms with E-state index in [1.54, 1.807) is 24.3 Å². The predicted molar refractivity (Wildman–Crippen MR) is 169 cm³/mol. The zero-order chi connectivity index (χ0) is 36.1. The smallest absolute Gasteiger partial charge is 0.416 e. The van der Waals surface area contributed by atoms with Crippen LogP contribution in [0.25, 0.3) is 16.8 Å². The number of esters is 1. The number of allylic oxidation sites excluding steroid dienone is 1. The highest BCUT2D eigenvalue weighted by Gasteiger charge is 2.44. The summed E-state index contributed by atoms with van der Waals surface area (Å²) in [5, 5.41) is 0.258. The third-order valence-electron chi connectivity index (χ3n) is 8.89. The van der Waals surface area contributed by atoms with Crippen molar-refractivity contribution in [1.29, 1.82) is 0 Å². The van der Waals surface area contributed by atoms with Crippen LogP contribution in [-0.4, -0.2) is 48.8 Å². The molecule has 1 aliphatic heterocycles. The van der Waals surface area contributed by atoms with Gasteiger partial charge in [-0.05, 0) is 90.8 Å². The Balaban J connectivity index is 1.54. The zero-order valence-electron chi connectivity index (χ0n) is 27.2. The summed E-state index contributed by atoms with van der Waals surface area (Å²) in [6, 6.07) is 8.42. The van der Waals surface area contributed by atoms with Crippen LogP contribution in [0.2, 0.25) is 5.02 Å². The van der Waals surface area contributed by atoms with Crippen LogP contribution in [0.3, 0.4) is 0 Å². The molecule has 2 aromatic carbocycles. The number of hydrogen-bond donors (Lipinski definition) is 0. The molecule has 0 unspecified atom stereocenters. The SMILES string of the molecule is COC(=O)c1ccc(-c2ccc(OC)c(C3=C(CN4C(=O)O[C@H](c5cc(C(F)(F)F)cc(C(F)(F)F)c5)[C@@H]4C)CC(C)(C)CC3)n2)c(Cl)c1. The maximum Gasteiger partial charge on any atom is 0.416 e. The van der Waals surface area contributed by atoms with Gasteiger partial charge in [0.05, 0.1) is 47.7 Å². The van der Waals surface area contributed by atoms with Gasteiger partial charge in [0, 0.05) is 12.1 Å². The van der Waals surface area contributed by atoms with E-state index >= 15 is 0 Å². The van der Waals surface area contributed by atoms with Gasteiger partial charge < -0.3 is 14.2 Å². The molecule has 0 radical (unpaired) electrons. The summed E-state index contributed by atoms with van der Waals surface area (Å²) in [4.78, 5) is 31.5. The first kappa shape index (κ1) is 36.0. The Morgan fingerprint density at radius 1 is 1.02 bits per heavy atom. The van der Waals surface area contributed by atoms with Gasteiger partial charge in [-0.3, -0.25) is 4.90 Å². The number of alkyl halides is 6. The van der Waals surface area contributed by atoms with Crippen LogP contribution in [0.15, 0.2) is 54.1 Å². The maximum atomic E-state index is 13.6. The second-order valence-corrected chi connectivity index (χ2v) is 13.3. The summed E-state index contributed by atoms with van der Waals surface area (Å²) < 4.78 is 97.6. The molecule has 1 aliphatic carbocycles. The lowest BCUT2D eigenvalue weighted by Gasteiger charge is -2.35. The number of carbonyl (C=O) groups is 2. The van der Waals surface area contributed by atoms with Crippen molar-refractivity contribution in [2.75, 3.05) is 20.8 Å². The standard InChI is InChI=1S/C35H33ClF6N2O5/c1-18-30(20-12-22(34(37,38)39)15-23(13-20)35(40,41)42)49-32(46)44(18)17-21-16-33(2,3)11-10-24(21)29-28(47-4)9-8-27(43-29)25-7-6-19(14-26(25)36)31(45)48-5/h6-9,12-15,18,30H,10-11,16-17H2,1-5H3/t18-,30-/m0/s1. The molecule has 262 valence electrons. The lowest BCUT2D eigenvalue weighted by atomic mass is 9.73. The van der Waals surface area contributed by atoms with Gasteiger partial charge in [-0.1, -0.05) is 31.5 Å².